The fraction of sp³-hybridized carbons (Fsp3) is 0.375. The summed E-state index contributed by atoms with van der Waals surface area (Å²) in [5.41, 5.74) is 2.09. The zero-order chi connectivity index (χ0) is 11.9. The first-order valence-electron chi connectivity index (χ1n) is 3.82. The highest BCUT2D eigenvalue weighted by atomic mass is 35.5. The third-order valence-electron chi connectivity index (χ3n) is 1.86. The summed E-state index contributed by atoms with van der Waals surface area (Å²) in [7, 11) is 0. The molecule has 1 aromatic rings. The van der Waals surface area contributed by atoms with Crippen LogP contribution < -0.4 is 5.73 Å². The summed E-state index contributed by atoms with van der Waals surface area (Å²) in [5, 5.41) is 0. The minimum Gasteiger partial charge on any atom is -0.311 e. The second-order valence-electron chi connectivity index (χ2n) is 3.13. The highest BCUT2D eigenvalue weighted by Gasteiger charge is 2.54. The van der Waals surface area contributed by atoms with Crippen LogP contribution in [0, 0.1) is 0 Å². The van der Waals surface area contributed by atoms with Gasteiger partial charge in [-0.2, -0.15) is 13.2 Å². The van der Waals surface area contributed by atoms with E-state index >= 15 is 0 Å². The van der Waals surface area contributed by atoms with Crippen LogP contribution in [0.5, 0.6) is 0 Å². The first kappa shape index (κ1) is 12.5. The number of ketones is 1. The number of carbonyl (C=O) groups is 1. The third kappa shape index (κ3) is 2.32. The van der Waals surface area contributed by atoms with Crippen molar-refractivity contribution >= 4 is 28.7 Å². The monoisotopic (exact) mass is 257 g/mol. The quantitative estimate of drug-likeness (QED) is 0.828. The van der Waals surface area contributed by atoms with Crippen molar-refractivity contribution in [1.82, 2.24) is 0 Å². The molecule has 1 atom stereocenters. The molecule has 0 saturated carbocycles. The van der Waals surface area contributed by atoms with E-state index in [0.717, 1.165) is 11.3 Å². The maximum Gasteiger partial charge on any atom is 0.413 e. The van der Waals surface area contributed by atoms with Gasteiger partial charge in [-0.25, -0.2) is 0 Å². The summed E-state index contributed by atoms with van der Waals surface area (Å²) in [6, 6.07) is 2.58. The average molecular weight is 258 g/mol. The minimum atomic E-state index is -4.78. The van der Waals surface area contributed by atoms with Crippen LogP contribution in [0.3, 0.4) is 0 Å². The van der Waals surface area contributed by atoms with Gasteiger partial charge in [0.15, 0.2) is 5.54 Å². The summed E-state index contributed by atoms with van der Waals surface area (Å²) in [6.07, 6.45) is -4.78. The molecule has 0 saturated heterocycles. The first-order valence-corrected chi connectivity index (χ1v) is 5.01. The van der Waals surface area contributed by atoms with E-state index in [-0.39, 0.29) is 9.21 Å². The summed E-state index contributed by atoms with van der Waals surface area (Å²) < 4.78 is 37.5. The number of nitrogens with two attached hydrogens (primary N) is 1. The Morgan fingerprint density at radius 2 is 2.00 bits per heavy atom. The van der Waals surface area contributed by atoms with E-state index in [9.17, 15) is 18.0 Å². The zero-order valence-electron chi connectivity index (χ0n) is 7.56. The molecule has 0 aliphatic rings. The van der Waals surface area contributed by atoms with Crippen molar-refractivity contribution in [3.63, 3.8) is 0 Å². The van der Waals surface area contributed by atoms with E-state index < -0.39 is 17.5 Å². The van der Waals surface area contributed by atoms with Crippen molar-refractivity contribution < 1.29 is 18.0 Å². The number of hydrogen-bond donors (Lipinski definition) is 1. The van der Waals surface area contributed by atoms with Crippen molar-refractivity contribution in [3.8, 4) is 0 Å². The van der Waals surface area contributed by atoms with Gasteiger partial charge in [-0.3, -0.25) is 4.79 Å². The first-order chi connectivity index (χ1) is 6.66. The molecule has 0 spiro atoms. The van der Waals surface area contributed by atoms with E-state index in [0.29, 0.717) is 6.92 Å². The number of Topliss-reactive ketones (excluding diaryl/α,β-unsaturated/α-hetero) is 1. The largest absolute Gasteiger partial charge is 0.413 e. The highest BCUT2D eigenvalue weighted by molar-refractivity contribution is 7.18. The number of carbonyl (C=O) groups excluding carboxylic acids is 1. The third-order valence-corrected chi connectivity index (χ3v) is 3.09. The Kier molecular flexibility index (Phi) is 3.14. The fourth-order valence-corrected chi connectivity index (χ4v) is 1.92. The molecule has 2 nitrogen and oxygen atoms in total. The predicted molar refractivity (Wildman–Crippen MR) is 52.3 cm³/mol. The highest BCUT2D eigenvalue weighted by Crippen LogP contribution is 2.33. The Morgan fingerprint density at radius 3 is 2.33 bits per heavy atom. The lowest BCUT2D eigenvalue weighted by atomic mass is 9.96. The Morgan fingerprint density at radius 1 is 1.47 bits per heavy atom. The average Bonchev–Trinajstić information content (AvgIpc) is 2.48. The molecule has 2 N–H and O–H groups in total. The van der Waals surface area contributed by atoms with Gasteiger partial charge < -0.3 is 5.73 Å². The van der Waals surface area contributed by atoms with Crippen LogP contribution in [0.25, 0.3) is 0 Å². The van der Waals surface area contributed by atoms with Crippen LogP contribution in [0.15, 0.2) is 12.1 Å². The van der Waals surface area contributed by atoms with E-state index in [1.807, 2.05) is 0 Å². The fourth-order valence-electron chi connectivity index (χ4n) is 0.821. The molecule has 1 unspecified atom stereocenters. The molecule has 15 heavy (non-hydrogen) atoms. The Hall–Kier alpha value is -0.590. The number of halogens is 4. The van der Waals surface area contributed by atoms with Crippen LogP contribution in [-0.4, -0.2) is 17.5 Å². The maximum absolute atomic E-state index is 12.4. The van der Waals surface area contributed by atoms with Crippen molar-refractivity contribution in [1.29, 1.82) is 0 Å². The molecule has 1 rings (SSSR count). The van der Waals surface area contributed by atoms with Gasteiger partial charge in [0.1, 0.15) is 0 Å². The molecule has 0 amide bonds. The smallest absolute Gasteiger partial charge is 0.311 e. The molecular weight excluding hydrogens is 251 g/mol. The van der Waals surface area contributed by atoms with Gasteiger partial charge in [-0.1, -0.05) is 11.6 Å². The molecule has 0 fully saturated rings. The van der Waals surface area contributed by atoms with Gasteiger partial charge in [0, 0.05) is 0 Å². The molecule has 0 aliphatic heterocycles. The molecule has 84 valence electrons. The summed E-state index contributed by atoms with van der Waals surface area (Å²) in [4.78, 5) is 11.3. The van der Waals surface area contributed by atoms with Crippen LogP contribution in [0.4, 0.5) is 13.2 Å². The minimum absolute atomic E-state index is 0.0951. The van der Waals surface area contributed by atoms with Crippen molar-refractivity contribution in [3.05, 3.63) is 21.3 Å². The van der Waals surface area contributed by atoms with Gasteiger partial charge in [-0.05, 0) is 19.1 Å². The molecule has 0 aromatic carbocycles. The number of alkyl halides is 3. The maximum atomic E-state index is 12.4. The molecule has 1 heterocycles. The Balaban J connectivity index is 3.05. The van der Waals surface area contributed by atoms with Crippen LogP contribution in [0.2, 0.25) is 4.34 Å². The standard InChI is InChI=1S/C8H7ClF3NOS/c1-7(13,8(10,11)12)6(14)4-2-3-5(9)15-4/h2-3H,13H2,1H3. The molecule has 7 heteroatoms. The lowest BCUT2D eigenvalue weighted by Crippen LogP contribution is -2.56. The summed E-state index contributed by atoms with van der Waals surface area (Å²) in [6.45, 7) is 0.642. The Labute approximate surface area is 92.8 Å². The SMILES string of the molecule is CC(N)(C(=O)c1ccc(Cl)s1)C(F)(F)F. The zero-order valence-corrected chi connectivity index (χ0v) is 9.13. The number of thiophene rings is 1. The van der Waals surface area contributed by atoms with E-state index in [1.165, 1.54) is 12.1 Å². The van der Waals surface area contributed by atoms with Crippen LogP contribution >= 0.6 is 22.9 Å². The lowest BCUT2D eigenvalue weighted by Gasteiger charge is -2.25. The van der Waals surface area contributed by atoms with Crippen LogP contribution in [0.1, 0.15) is 16.6 Å². The van der Waals surface area contributed by atoms with Crippen LogP contribution in [-0.2, 0) is 0 Å². The second-order valence-corrected chi connectivity index (χ2v) is 4.85. The van der Waals surface area contributed by atoms with Gasteiger partial charge in [-0.15, -0.1) is 11.3 Å². The number of hydrogen-bond acceptors (Lipinski definition) is 3. The van der Waals surface area contributed by atoms with Crippen molar-refractivity contribution in [2.24, 2.45) is 5.73 Å². The van der Waals surface area contributed by atoms with E-state index in [2.05, 4.69) is 0 Å². The summed E-state index contributed by atoms with van der Waals surface area (Å²) in [5.74, 6) is -1.17. The molecule has 1 aromatic heterocycles. The van der Waals surface area contributed by atoms with Gasteiger partial charge >= 0.3 is 6.18 Å². The van der Waals surface area contributed by atoms with E-state index in [1.54, 1.807) is 0 Å². The van der Waals surface area contributed by atoms with E-state index in [4.69, 9.17) is 17.3 Å². The molecule has 0 radical (unpaired) electrons. The summed E-state index contributed by atoms with van der Waals surface area (Å²) >= 11 is 6.29. The number of rotatable bonds is 2. The van der Waals surface area contributed by atoms with Gasteiger partial charge in [0.05, 0.1) is 9.21 Å². The molecule has 0 bridgehead atoms. The lowest BCUT2D eigenvalue weighted by molar-refractivity contribution is -0.165. The molecular formula is C8H7ClF3NOS. The van der Waals surface area contributed by atoms with Gasteiger partial charge in [0.25, 0.3) is 0 Å². The normalized spacial score (nSPS) is 16.1. The van der Waals surface area contributed by atoms with Gasteiger partial charge in [0.2, 0.25) is 5.78 Å². The topological polar surface area (TPSA) is 43.1 Å². The second kappa shape index (κ2) is 3.77. The Bertz CT molecular complexity index is 385. The van der Waals surface area contributed by atoms with Crippen molar-refractivity contribution in [2.45, 2.75) is 18.6 Å². The molecule has 0 aliphatic carbocycles. The van der Waals surface area contributed by atoms with Crippen molar-refractivity contribution in [2.75, 3.05) is 0 Å². The predicted octanol–water partition coefficient (Wildman–Crippen LogP) is 2.86.